The molecule has 5 nitrogen and oxygen atoms in total. The summed E-state index contributed by atoms with van der Waals surface area (Å²) in [6.07, 6.45) is 5.33. The number of nitrogens with zero attached hydrogens (tertiary/aromatic N) is 4. The summed E-state index contributed by atoms with van der Waals surface area (Å²) in [4.78, 5) is 8.59. The maximum atomic E-state index is 5.83. The Kier molecular flexibility index (Phi) is 2.68. The van der Waals surface area contributed by atoms with Crippen molar-refractivity contribution in [3.05, 3.63) is 54.4 Å². The number of hydrogen-bond donors (Lipinski definition) is 1. The number of thiophene rings is 1. The van der Waals surface area contributed by atoms with Crippen LogP contribution in [0.2, 0.25) is 0 Å². The Morgan fingerprint density at radius 3 is 2.95 bits per heavy atom. The number of nitrogen functional groups attached to an aromatic ring is 1. The van der Waals surface area contributed by atoms with Gasteiger partial charge in [0.15, 0.2) is 5.82 Å². The van der Waals surface area contributed by atoms with Crippen LogP contribution in [0, 0.1) is 0 Å². The number of aromatic nitrogens is 4. The van der Waals surface area contributed by atoms with Crippen LogP contribution < -0.4 is 5.73 Å². The van der Waals surface area contributed by atoms with Crippen molar-refractivity contribution in [2.24, 2.45) is 0 Å². The number of fused-ring (bicyclic) bond motifs is 1. The van der Waals surface area contributed by atoms with E-state index in [9.17, 15) is 0 Å². The zero-order valence-electron chi connectivity index (χ0n) is 11.0. The summed E-state index contributed by atoms with van der Waals surface area (Å²) in [5.41, 5.74) is 9.55. The van der Waals surface area contributed by atoms with E-state index in [2.05, 4.69) is 15.1 Å². The molecule has 0 fully saturated rings. The fourth-order valence-electron chi connectivity index (χ4n) is 2.25. The number of benzene rings is 1. The molecule has 0 unspecified atom stereocenters. The number of nitrogens with two attached hydrogens (primary N) is 1. The van der Waals surface area contributed by atoms with Gasteiger partial charge in [0.25, 0.3) is 0 Å². The minimum Gasteiger partial charge on any atom is -0.399 e. The van der Waals surface area contributed by atoms with Crippen LogP contribution >= 0.6 is 11.3 Å². The van der Waals surface area contributed by atoms with Gasteiger partial charge in [0, 0.05) is 17.4 Å². The molecule has 0 aliphatic carbocycles. The molecular weight excluding hydrogens is 282 g/mol. The van der Waals surface area contributed by atoms with Crippen LogP contribution in [-0.4, -0.2) is 19.7 Å². The second-order valence-corrected chi connectivity index (χ2v) is 5.55. The average molecular weight is 293 g/mol. The summed E-state index contributed by atoms with van der Waals surface area (Å²) in [6, 6.07) is 9.73. The molecule has 0 radical (unpaired) electrons. The second-order valence-electron chi connectivity index (χ2n) is 4.63. The smallest absolute Gasteiger partial charge is 0.174 e. The first-order chi connectivity index (χ1) is 10.3. The number of rotatable bonds is 2. The van der Waals surface area contributed by atoms with E-state index < -0.39 is 0 Å². The molecule has 3 aromatic heterocycles. The molecule has 0 amide bonds. The standard InChI is InChI=1S/C15H11N5S/c16-12-3-1-2-10(6-12)11-7-19-20(8-11)15-14-13(4-5-21-14)17-9-18-15/h1-9H,16H2. The van der Waals surface area contributed by atoms with Crippen molar-refractivity contribution in [3.63, 3.8) is 0 Å². The van der Waals surface area contributed by atoms with Gasteiger partial charge in [-0.15, -0.1) is 11.3 Å². The first-order valence-electron chi connectivity index (χ1n) is 6.40. The van der Waals surface area contributed by atoms with Gasteiger partial charge in [0.05, 0.1) is 16.4 Å². The van der Waals surface area contributed by atoms with Crippen LogP contribution in [0.3, 0.4) is 0 Å². The lowest BCUT2D eigenvalue weighted by Gasteiger charge is -2.01. The largest absolute Gasteiger partial charge is 0.399 e. The van der Waals surface area contributed by atoms with Gasteiger partial charge in [-0.2, -0.15) is 5.10 Å². The van der Waals surface area contributed by atoms with Gasteiger partial charge in [-0.25, -0.2) is 14.6 Å². The lowest BCUT2D eigenvalue weighted by atomic mass is 10.1. The summed E-state index contributed by atoms with van der Waals surface area (Å²) < 4.78 is 2.80. The van der Waals surface area contributed by atoms with Crippen LogP contribution in [0.5, 0.6) is 0 Å². The van der Waals surface area contributed by atoms with E-state index in [1.807, 2.05) is 48.1 Å². The normalized spacial score (nSPS) is 11.0. The third-order valence-electron chi connectivity index (χ3n) is 3.24. The Balaban J connectivity index is 1.83. The molecule has 3 heterocycles. The molecule has 0 atom stereocenters. The van der Waals surface area contributed by atoms with Crippen molar-refractivity contribution in [2.75, 3.05) is 5.73 Å². The molecule has 4 rings (SSSR count). The van der Waals surface area contributed by atoms with Gasteiger partial charge in [0.2, 0.25) is 0 Å². The molecule has 21 heavy (non-hydrogen) atoms. The topological polar surface area (TPSA) is 69.6 Å². The highest BCUT2D eigenvalue weighted by Crippen LogP contribution is 2.26. The Morgan fingerprint density at radius 1 is 1.10 bits per heavy atom. The zero-order chi connectivity index (χ0) is 14.2. The van der Waals surface area contributed by atoms with Crippen LogP contribution in [0.1, 0.15) is 0 Å². The van der Waals surface area contributed by atoms with Crippen molar-refractivity contribution in [3.8, 4) is 16.9 Å². The van der Waals surface area contributed by atoms with Crippen molar-refractivity contribution >= 4 is 27.2 Å². The fraction of sp³-hybridized carbons (Fsp3) is 0. The maximum Gasteiger partial charge on any atom is 0.174 e. The molecular formula is C15H11N5S. The lowest BCUT2D eigenvalue weighted by Crippen LogP contribution is -1.98. The van der Waals surface area contributed by atoms with Gasteiger partial charge in [-0.1, -0.05) is 12.1 Å². The third kappa shape index (κ3) is 2.05. The molecule has 0 aliphatic heterocycles. The fourth-order valence-corrected chi connectivity index (χ4v) is 3.07. The summed E-state index contributed by atoms with van der Waals surface area (Å²) in [7, 11) is 0. The highest BCUT2D eigenvalue weighted by Gasteiger charge is 2.09. The van der Waals surface area contributed by atoms with E-state index in [4.69, 9.17) is 5.73 Å². The van der Waals surface area contributed by atoms with E-state index in [-0.39, 0.29) is 0 Å². The minimum absolute atomic E-state index is 0.739. The van der Waals surface area contributed by atoms with E-state index in [1.165, 1.54) is 0 Å². The van der Waals surface area contributed by atoms with Crippen molar-refractivity contribution in [1.29, 1.82) is 0 Å². The molecule has 0 saturated carbocycles. The third-order valence-corrected chi connectivity index (χ3v) is 4.14. The van der Waals surface area contributed by atoms with Gasteiger partial charge >= 0.3 is 0 Å². The lowest BCUT2D eigenvalue weighted by molar-refractivity contribution is 0.853. The maximum absolute atomic E-state index is 5.83. The molecule has 0 bridgehead atoms. The van der Waals surface area contributed by atoms with Crippen molar-refractivity contribution in [1.82, 2.24) is 19.7 Å². The summed E-state index contributed by atoms with van der Waals surface area (Å²) in [5.74, 6) is 0.796. The molecule has 4 aromatic rings. The molecule has 6 heteroatoms. The van der Waals surface area contributed by atoms with Crippen LogP contribution in [0.25, 0.3) is 27.2 Å². The van der Waals surface area contributed by atoms with Gasteiger partial charge in [-0.05, 0) is 29.1 Å². The van der Waals surface area contributed by atoms with E-state index in [1.54, 1.807) is 22.3 Å². The SMILES string of the molecule is Nc1cccc(-c2cnn(-c3ncnc4ccsc34)c2)c1. The second kappa shape index (κ2) is 4.68. The molecule has 102 valence electrons. The Bertz CT molecular complexity index is 924. The molecule has 0 spiro atoms. The monoisotopic (exact) mass is 293 g/mol. The summed E-state index contributed by atoms with van der Waals surface area (Å²) in [5, 5.41) is 6.42. The highest BCUT2D eigenvalue weighted by atomic mass is 32.1. The van der Waals surface area contributed by atoms with E-state index in [0.29, 0.717) is 0 Å². The van der Waals surface area contributed by atoms with Crippen molar-refractivity contribution in [2.45, 2.75) is 0 Å². The first kappa shape index (κ1) is 12.0. The molecule has 1 aromatic carbocycles. The Labute approximate surface area is 124 Å². The Morgan fingerprint density at radius 2 is 2.05 bits per heavy atom. The van der Waals surface area contributed by atoms with E-state index in [0.717, 1.165) is 32.8 Å². The van der Waals surface area contributed by atoms with Gasteiger partial charge < -0.3 is 5.73 Å². The predicted octanol–water partition coefficient (Wildman–Crippen LogP) is 3.13. The van der Waals surface area contributed by atoms with Crippen LogP contribution in [0.15, 0.2) is 54.4 Å². The molecule has 2 N–H and O–H groups in total. The van der Waals surface area contributed by atoms with Crippen molar-refractivity contribution < 1.29 is 0 Å². The average Bonchev–Trinajstić information content (AvgIpc) is 3.16. The van der Waals surface area contributed by atoms with E-state index >= 15 is 0 Å². The predicted molar refractivity (Wildman–Crippen MR) is 84.4 cm³/mol. The summed E-state index contributed by atoms with van der Waals surface area (Å²) >= 11 is 1.61. The number of hydrogen-bond acceptors (Lipinski definition) is 5. The Hall–Kier alpha value is -2.73. The zero-order valence-corrected chi connectivity index (χ0v) is 11.8. The molecule has 0 aliphatic rings. The van der Waals surface area contributed by atoms with Gasteiger partial charge in [0.1, 0.15) is 6.33 Å². The van der Waals surface area contributed by atoms with Crippen LogP contribution in [-0.2, 0) is 0 Å². The summed E-state index contributed by atoms with van der Waals surface area (Å²) in [6.45, 7) is 0. The minimum atomic E-state index is 0.739. The molecule has 0 saturated heterocycles. The highest BCUT2D eigenvalue weighted by molar-refractivity contribution is 7.17. The quantitative estimate of drug-likeness (QED) is 0.576. The first-order valence-corrected chi connectivity index (χ1v) is 7.28. The number of anilines is 1. The van der Waals surface area contributed by atoms with Gasteiger partial charge in [-0.3, -0.25) is 0 Å². The van der Waals surface area contributed by atoms with Crippen LogP contribution in [0.4, 0.5) is 5.69 Å².